The van der Waals surface area contributed by atoms with Crippen molar-refractivity contribution in [3.05, 3.63) is 24.0 Å². The summed E-state index contributed by atoms with van der Waals surface area (Å²) in [4.78, 5) is 0.547. The quantitative estimate of drug-likeness (QED) is 0.568. The third-order valence-electron chi connectivity index (χ3n) is 2.99. The van der Waals surface area contributed by atoms with Gasteiger partial charge in [0.1, 0.15) is 5.82 Å². The third-order valence-corrected chi connectivity index (χ3v) is 4.31. The van der Waals surface area contributed by atoms with Crippen molar-refractivity contribution >= 4 is 17.4 Å². The van der Waals surface area contributed by atoms with Crippen LogP contribution >= 0.6 is 11.8 Å². The van der Waals surface area contributed by atoms with E-state index in [1.807, 2.05) is 0 Å². The van der Waals surface area contributed by atoms with Crippen molar-refractivity contribution < 1.29 is 9.50 Å². The maximum absolute atomic E-state index is 13.5. The van der Waals surface area contributed by atoms with Gasteiger partial charge in [0.15, 0.2) is 0 Å². The molecule has 94 valence electrons. The summed E-state index contributed by atoms with van der Waals surface area (Å²) < 4.78 is 13.5. The SMILES string of the molecule is Nc1ccc(SCC2(O)CCNCC2)c(F)c1. The molecule has 2 rings (SSSR count). The van der Waals surface area contributed by atoms with Gasteiger partial charge in [-0.25, -0.2) is 4.39 Å². The van der Waals surface area contributed by atoms with E-state index in [-0.39, 0.29) is 5.82 Å². The molecule has 1 aliphatic rings. The van der Waals surface area contributed by atoms with Crippen LogP contribution < -0.4 is 11.1 Å². The highest BCUT2D eigenvalue weighted by Gasteiger charge is 2.29. The normalized spacial score (nSPS) is 19.2. The number of piperidine rings is 1. The lowest BCUT2D eigenvalue weighted by atomic mass is 9.95. The maximum atomic E-state index is 13.5. The smallest absolute Gasteiger partial charge is 0.138 e. The van der Waals surface area contributed by atoms with Crippen LogP contribution in [-0.2, 0) is 0 Å². The third kappa shape index (κ3) is 3.34. The van der Waals surface area contributed by atoms with E-state index in [0.717, 1.165) is 25.9 Å². The molecule has 0 amide bonds. The van der Waals surface area contributed by atoms with Crippen molar-refractivity contribution in [1.82, 2.24) is 5.32 Å². The topological polar surface area (TPSA) is 58.3 Å². The molecule has 0 bridgehead atoms. The zero-order chi connectivity index (χ0) is 12.3. The lowest BCUT2D eigenvalue weighted by Crippen LogP contribution is -2.43. The van der Waals surface area contributed by atoms with E-state index in [9.17, 15) is 9.50 Å². The standard InChI is InChI=1S/C12H17FN2OS/c13-10-7-9(14)1-2-11(10)17-8-12(16)3-5-15-6-4-12/h1-2,7,15-16H,3-6,8,14H2. The summed E-state index contributed by atoms with van der Waals surface area (Å²) in [6, 6.07) is 4.66. The van der Waals surface area contributed by atoms with Crippen LogP contribution in [0.4, 0.5) is 10.1 Å². The molecule has 1 aromatic rings. The Morgan fingerprint density at radius 1 is 1.41 bits per heavy atom. The fourth-order valence-corrected chi connectivity index (χ4v) is 2.96. The molecule has 17 heavy (non-hydrogen) atoms. The summed E-state index contributed by atoms with van der Waals surface area (Å²) in [6.07, 6.45) is 1.44. The number of benzene rings is 1. The van der Waals surface area contributed by atoms with Crippen molar-refractivity contribution in [2.45, 2.75) is 23.3 Å². The van der Waals surface area contributed by atoms with Crippen LogP contribution in [0.2, 0.25) is 0 Å². The highest BCUT2D eigenvalue weighted by atomic mass is 32.2. The van der Waals surface area contributed by atoms with Crippen molar-refractivity contribution in [3.63, 3.8) is 0 Å². The number of hydrogen-bond acceptors (Lipinski definition) is 4. The summed E-state index contributed by atoms with van der Waals surface area (Å²) in [5.41, 5.74) is 5.23. The van der Waals surface area contributed by atoms with Crippen LogP contribution in [0.5, 0.6) is 0 Å². The lowest BCUT2D eigenvalue weighted by Gasteiger charge is -2.32. The summed E-state index contributed by atoms with van der Waals surface area (Å²) in [7, 11) is 0. The zero-order valence-electron chi connectivity index (χ0n) is 9.58. The average Bonchev–Trinajstić information content (AvgIpc) is 2.29. The van der Waals surface area contributed by atoms with Gasteiger partial charge in [0.25, 0.3) is 0 Å². The minimum atomic E-state index is -0.677. The fourth-order valence-electron chi connectivity index (χ4n) is 1.88. The second kappa shape index (κ2) is 5.25. The van der Waals surface area contributed by atoms with Gasteiger partial charge >= 0.3 is 0 Å². The number of rotatable bonds is 3. The molecule has 0 saturated carbocycles. The number of nitrogen functional groups attached to an aromatic ring is 1. The molecule has 0 radical (unpaired) electrons. The molecule has 0 atom stereocenters. The van der Waals surface area contributed by atoms with Crippen LogP contribution in [0.3, 0.4) is 0 Å². The predicted molar refractivity (Wildman–Crippen MR) is 68.6 cm³/mol. The van der Waals surface area contributed by atoms with Gasteiger partial charge in [0, 0.05) is 16.3 Å². The number of halogens is 1. The Bertz CT molecular complexity index is 394. The first-order chi connectivity index (χ1) is 8.09. The Hall–Kier alpha value is -0.780. The van der Waals surface area contributed by atoms with E-state index in [0.29, 0.717) is 16.3 Å². The second-order valence-corrected chi connectivity index (χ2v) is 5.47. The Labute approximate surface area is 105 Å². The van der Waals surface area contributed by atoms with Gasteiger partial charge in [-0.15, -0.1) is 11.8 Å². The molecule has 1 aromatic carbocycles. The molecular formula is C12H17FN2OS. The molecule has 4 N–H and O–H groups in total. The monoisotopic (exact) mass is 256 g/mol. The first kappa shape index (κ1) is 12.7. The molecule has 0 aromatic heterocycles. The first-order valence-corrected chi connectivity index (χ1v) is 6.69. The van der Waals surface area contributed by atoms with E-state index >= 15 is 0 Å². The van der Waals surface area contributed by atoms with E-state index in [4.69, 9.17) is 5.73 Å². The van der Waals surface area contributed by atoms with Crippen molar-refractivity contribution in [2.75, 3.05) is 24.6 Å². The van der Waals surface area contributed by atoms with Gasteiger partial charge in [0.2, 0.25) is 0 Å². The van der Waals surface area contributed by atoms with Crippen LogP contribution in [-0.4, -0.2) is 29.5 Å². The highest BCUT2D eigenvalue weighted by molar-refractivity contribution is 7.99. The summed E-state index contributed by atoms with van der Waals surface area (Å²) in [6.45, 7) is 1.64. The average molecular weight is 256 g/mol. The van der Waals surface area contributed by atoms with Gasteiger partial charge in [-0.1, -0.05) is 0 Å². The van der Waals surface area contributed by atoms with Gasteiger partial charge in [-0.3, -0.25) is 0 Å². The van der Waals surface area contributed by atoms with Crippen molar-refractivity contribution in [2.24, 2.45) is 0 Å². The van der Waals surface area contributed by atoms with E-state index in [2.05, 4.69) is 5.32 Å². The Balaban J connectivity index is 1.97. The summed E-state index contributed by atoms with van der Waals surface area (Å²) in [5, 5.41) is 13.5. The van der Waals surface area contributed by atoms with Gasteiger partial charge < -0.3 is 16.2 Å². The second-order valence-electron chi connectivity index (χ2n) is 4.45. The Morgan fingerprint density at radius 3 is 2.76 bits per heavy atom. The van der Waals surface area contributed by atoms with Crippen LogP contribution in [0.1, 0.15) is 12.8 Å². The largest absolute Gasteiger partial charge is 0.399 e. The van der Waals surface area contributed by atoms with E-state index in [1.165, 1.54) is 17.8 Å². The molecule has 0 unspecified atom stereocenters. The summed E-state index contributed by atoms with van der Waals surface area (Å²) in [5.74, 6) is 0.211. The number of hydrogen-bond donors (Lipinski definition) is 3. The summed E-state index contributed by atoms with van der Waals surface area (Å²) >= 11 is 1.35. The lowest BCUT2D eigenvalue weighted by molar-refractivity contribution is 0.0339. The van der Waals surface area contributed by atoms with Crippen molar-refractivity contribution in [3.8, 4) is 0 Å². The molecule has 0 aliphatic carbocycles. The first-order valence-electron chi connectivity index (χ1n) is 5.70. The van der Waals surface area contributed by atoms with Gasteiger partial charge in [-0.05, 0) is 44.1 Å². The van der Waals surface area contributed by atoms with Gasteiger partial charge in [-0.2, -0.15) is 0 Å². The minimum absolute atomic E-state index is 0.312. The Kier molecular flexibility index (Phi) is 3.91. The predicted octanol–water partition coefficient (Wildman–Crippen LogP) is 1.61. The molecule has 0 spiro atoms. The van der Waals surface area contributed by atoms with E-state index in [1.54, 1.807) is 12.1 Å². The fraction of sp³-hybridized carbons (Fsp3) is 0.500. The number of aliphatic hydroxyl groups is 1. The molecule has 1 fully saturated rings. The number of anilines is 1. The Morgan fingerprint density at radius 2 is 2.12 bits per heavy atom. The molecular weight excluding hydrogens is 239 g/mol. The maximum Gasteiger partial charge on any atom is 0.138 e. The molecule has 5 heteroatoms. The highest BCUT2D eigenvalue weighted by Crippen LogP contribution is 2.30. The number of nitrogens with two attached hydrogens (primary N) is 1. The molecule has 1 heterocycles. The van der Waals surface area contributed by atoms with Crippen molar-refractivity contribution in [1.29, 1.82) is 0 Å². The van der Waals surface area contributed by atoms with E-state index < -0.39 is 5.60 Å². The van der Waals surface area contributed by atoms with Crippen LogP contribution in [0, 0.1) is 5.82 Å². The molecule has 1 aliphatic heterocycles. The van der Waals surface area contributed by atoms with Crippen LogP contribution in [0.15, 0.2) is 23.1 Å². The zero-order valence-corrected chi connectivity index (χ0v) is 10.4. The molecule has 1 saturated heterocycles. The molecule has 3 nitrogen and oxygen atoms in total. The van der Waals surface area contributed by atoms with Crippen LogP contribution in [0.25, 0.3) is 0 Å². The number of nitrogens with one attached hydrogen (secondary N) is 1. The number of thioether (sulfide) groups is 1. The minimum Gasteiger partial charge on any atom is -0.399 e. The van der Waals surface area contributed by atoms with Gasteiger partial charge in [0.05, 0.1) is 5.60 Å².